The van der Waals surface area contributed by atoms with Gasteiger partial charge < -0.3 is 19.5 Å². The van der Waals surface area contributed by atoms with Crippen molar-refractivity contribution in [1.29, 1.82) is 0 Å². The number of nitrogens with one attached hydrogen (secondary N) is 1. The maximum atomic E-state index is 8.25. The highest BCUT2D eigenvalue weighted by molar-refractivity contribution is 6.61. The normalized spacial score (nSPS) is 41.0. The molecule has 2 fully saturated rings. The molecule has 0 spiro atoms. The summed E-state index contributed by atoms with van der Waals surface area (Å²) in [5.74, 6) is -0.848. The fraction of sp³-hybridized carbons (Fsp3) is 0.714. The third kappa shape index (κ3) is 2.77. The second-order valence-electron chi connectivity index (χ2n) is 5.68. The molecule has 0 aromatic carbocycles. The summed E-state index contributed by atoms with van der Waals surface area (Å²) in [6, 6.07) is 0. The van der Waals surface area contributed by atoms with Gasteiger partial charge in [-0.25, -0.2) is 9.97 Å². The van der Waals surface area contributed by atoms with Gasteiger partial charge in [-0.1, -0.05) is 0 Å². The number of anilines is 1. The number of nitrogens with zero attached hydrogens (tertiary/aromatic N) is 3. The van der Waals surface area contributed by atoms with Crippen LogP contribution in [0, 0.1) is 0 Å². The molecule has 3 rings (SSSR count). The first-order valence-electron chi connectivity index (χ1n) is 11.5. The first kappa shape index (κ1) is 6.94. The lowest BCUT2D eigenvalue weighted by Gasteiger charge is -2.32. The monoisotopic (exact) mass is 300 g/mol. The zero-order valence-corrected chi connectivity index (χ0v) is 12.2. The number of aromatic nitrogens is 2. The van der Waals surface area contributed by atoms with E-state index in [9.17, 15) is 0 Å². The third-order valence-corrected chi connectivity index (χ3v) is 3.70. The summed E-state index contributed by atoms with van der Waals surface area (Å²) >= 11 is 0. The minimum absolute atomic E-state index is 0.0839. The van der Waals surface area contributed by atoms with E-state index in [1.54, 1.807) is 33.0 Å². The van der Waals surface area contributed by atoms with Crippen LogP contribution in [-0.4, -0.2) is 54.3 Å². The molecular weight excluding hydrogens is 267 g/mol. The first-order chi connectivity index (χ1) is 13.7. The molecule has 0 atom stereocenters. The van der Waals surface area contributed by atoms with E-state index in [0.29, 0.717) is 0 Å². The number of rotatable bonds is 2. The number of piperazine rings is 1. The van der Waals surface area contributed by atoms with Gasteiger partial charge in [0.2, 0.25) is 5.95 Å². The third-order valence-electron chi connectivity index (χ3n) is 3.70. The van der Waals surface area contributed by atoms with E-state index in [-0.39, 0.29) is 10.4 Å². The summed E-state index contributed by atoms with van der Waals surface area (Å²) in [7, 11) is -1.17. The molecule has 114 valence electrons. The van der Waals surface area contributed by atoms with Crippen LogP contribution >= 0.6 is 0 Å². The Morgan fingerprint density at radius 2 is 1.71 bits per heavy atom. The fourth-order valence-electron chi connectivity index (χ4n) is 1.76. The summed E-state index contributed by atoms with van der Waals surface area (Å²) in [5, 5.41) is 1.70. The number of hydrogen-bond acceptors (Lipinski definition) is 6. The molecule has 6 nitrogen and oxygen atoms in total. The SMILES string of the molecule is [2H]c1nc(N2C([2H])([2H])C([2H])([2H])NC([2H])([2H])C2([2H])[2H])nc([2H])c1B1OC(C)(C)C(C)(C)O1. The Hall–Kier alpha value is -1.18. The van der Waals surface area contributed by atoms with Crippen molar-refractivity contribution < 1.29 is 23.0 Å². The summed E-state index contributed by atoms with van der Waals surface area (Å²) < 4.78 is 92.0. The molecule has 2 aliphatic rings. The average Bonchev–Trinajstić information content (AvgIpc) is 2.71. The summed E-state index contributed by atoms with van der Waals surface area (Å²) in [6.07, 6.45) is -1.22. The van der Waals surface area contributed by atoms with Crippen molar-refractivity contribution in [3.63, 3.8) is 0 Å². The van der Waals surface area contributed by atoms with Gasteiger partial charge in [0.1, 0.15) is 0 Å². The van der Waals surface area contributed by atoms with E-state index in [2.05, 4.69) is 9.97 Å². The molecule has 1 N–H and O–H groups in total. The predicted octanol–water partition coefficient (Wildman–Crippen LogP) is 0.185. The van der Waals surface area contributed by atoms with Crippen molar-refractivity contribution in [2.24, 2.45) is 0 Å². The van der Waals surface area contributed by atoms with Gasteiger partial charge in [-0.2, -0.15) is 0 Å². The lowest BCUT2D eigenvalue weighted by Crippen LogP contribution is -2.44. The molecule has 0 bridgehead atoms. The molecule has 7 heteroatoms. The van der Waals surface area contributed by atoms with E-state index in [1.807, 2.05) is 0 Å². The van der Waals surface area contributed by atoms with Crippen molar-refractivity contribution in [2.75, 3.05) is 30.9 Å². The van der Waals surface area contributed by atoms with Gasteiger partial charge in [0.25, 0.3) is 0 Å². The van der Waals surface area contributed by atoms with E-state index in [4.69, 9.17) is 23.0 Å². The van der Waals surface area contributed by atoms with Crippen LogP contribution in [0.4, 0.5) is 5.95 Å². The van der Waals surface area contributed by atoms with Crippen LogP contribution in [0.2, 0.25) is 0 Å². The van der Waals surface area contributed by atoms with Crippen molar-refractivity contribution in [3.05, 3.63) is 12.3 Å². The van der Waals surface area contributed by atoms with Crippen LogP contribution in [0.5, 0.6) is 0 Å². The van der Waals surface area contributed by atoms with Gasteiger partial charge >= 0.3 is 7.12 Å². The van der Waals surface area contributed by atoms with Crippen LogP contribution in [0.25, 0.3) is 0 Å². The van der Waals surface area contributed by atoms with Gasteiger partial charge in [-0.05, 0) is 27.7 Å². The Morgan fingerprint density at radius 3 is 2.24 bits per heavy atom. The van der Waals surface area contributed by atoms with Crippen LogP contribution in [0.15, 0.2) is 12.3 Å². The fourth-order valence-corrected chi connectivity index (χ4v) is 1.76. The van der Waals surface area contributed by atoms with Crippen LogP contribution in [0.3, 0.4) is 0 Å². The molecule has 0 radical (unpaired) electrons. The zero-order valence-electron chi connectivity index (χ0n) is 22.2. The maximum absolute atomic E-state index is 8.25. The summed E-state index contributed by atoms with van der Waals surface area (Å²) in [5.41, 5.74) is -1.73. The lowest BCUT2D eigenvalue weighted by molar-refractivity contribution is 0.00578. The van der Waals surface area contributed by atoms with Gasteiger partial charge in [-0.15, -0.1) is 0 Å². The average molecular weight is 300 g/mol. The highest BCUT2D eigenvalue weighted by atomic mass is 16.7. The maximum Gasteiger partial charge on any atom is 0.498 e. The molecule has 0 amide bonds. The minimum Gasteiger partial charge on any atom is -0.399 e. The van der Waals surface area contributed by atoms with E-state index in [1.165, 1.54) is 0 Å². The Bertz CT molecular complexity index is 848. The predicted molar refractivity (Wildman–Crippen MR) is 82.8 cm³/mol. The molecule has 0 aliphatic carbocycles. The van der Waals surface area contributed by atoms with Gasteiger partial charge in [0.05, 0.1) is 19.4 Å². The molecule has 2 aliphatic heterocycles. The van der Waals surface area contributed by atoms with Gasteiger partial charge in [-0.3, -0.25) is 0 Å². The quantitative estimate of drug-likeness (QED) is 0.787. The van der Waals surface area contributed by atoms with Crippen molar-refractivity contribution in [3.8, 4) is 0 Å². The van der Waals surface area contributed by atoms with Crippen LogP contribution in [0.1, 0.15) is 41.4 Å². The molecular formula is C14H23BN4O2. The Labute approximate surface area is 140 Å². The molecule has 21 heavy (non-hydrogen) atoms. The van der Waals surface area contributed by atoms with E-state index < -0.39 is 62.6 Å². The Kier molecular flexibility index (Phi) is 1.73. The summed E-state index contributed by atoms with van der Waals surface area (Å²) in [6.45, 7) is -5.39. The second-order valence-corrected chi connectivity index (χ2v) is 5.68. The second kappa shape index (κ2) is 5.23. The molecule has 0 saturated carbocycles. The number of hydrogen-bond donors (Lipinski definition) is 1. The molecule has 3 heterocycles. The first-order valence-corrected chi connectivity index (χ1v) is 6.48. The smallest absolute Gasteiger partial charge is 0.399 e. The molecule has 1 aromatic heterocycles. The van der Waals surface area contributed by atoms with Crippen molar-refractivity contribution in [1.82, 2.24) is 15.3 Å². The molecule has 0 unspecified atom stereocenters. The molecule has 2 saturated heterocycles. The Balaban J connectivity index is 2.12. The highest BCUT2D eigenvalue weighted by Crippen LogP contribution is 2.36. The Morgan fingerprint density at radius 1 is 1.19 bits per heavy atom. The van der Waals surface area contributed by atoms with E-state index >= 15 is 0 Å². The zero-order chi connectivity index (χ0) is 24.0. The topological polar surface area (TPSA) is 59.5 Å². The molecule has 1 aromatic rings. The van der Waals surface area contributed by atoms with Crippen molar-refractivity contribution >= 4 is 18.5 Å². The van der Waals surface area contributed by atoms with Gasteiger partial charge in [0, 0.05) is 49.3 Å². The van der Waals surface area contributed by atoms with Crippen molar-refractivity contribution in [2.45, 2.75) is 38.9 Å². The van der Waals surface area contributed by atoms with E-state index in [0.717, 1.165) is 0 Å². The minimum atomic E-state index is -3.17. The summed E-state index contributed by atoms with van der Waals surface area (Å²) in [4.78, 5) is 7.64. The van der Waals surface area contributed by atoms with Crippen LogP contribution < -0.4 is 15.7 Å². The largest absolute Gasteiger partial charge is 0.498 e. The standard InChI is InChI=1S/C14H23BN4O2/c1-13(2)14(3,4)21-15(20-13)11-9-17-12(18-10-11)19-7-5-16-6-8-19/h9-10,16H,5-8H2,1-4H3/i5D2,6D2,7D2,8D2,9D,10D. The van der Waals surface area contributed by atoms with Crippen LogP contribution in [-0.2, 0) is 9.31 Å². The highest BCUT2D eigenvalue weighted by Gasteiger charge is 2.51. The lowest BCUT2D eigenvalue weighted by atomic mass is 9.81. The van der Waals surface area contributed by atoms with Gasteiger partial charge in [0.15, 0.2) is 0 Å².